The SMILES string of the molecule is CC(C)C1CCN(S(=O)(=O)c2ccc(CN)nc2)C1. The lowest BCUT2D eigenvalue weighted by atomic mass is 9.96. The van der Waals surface area contributed by atoms with Crippen molar-refractivity contribution in [3.8, 4) is 0 Å². The lowest BCUT2D eigenvalue weighted by Crippen LogP contribution is -2.29. The maximum absolute atomic E-state index is 12.5. The Morgan fingerprint density at radius 3 is 2.68 bits per heavy atom. The summed E-state index contributed by atoms with van der Waals surface area (Å²) in [5.74, 6) is 0.962. The second kappa shape index (κ2) is 5.56. The Bertz CT molecular complexity index is 525. The Balaban J connectivity index is 2.18. The van der Waals surface area contributed by atoms with Gasteiger partial charge in [-0.1, -0.05) is 13.8 Å². The molecule has 2 N–H and O–H groups in total. The van der Waals surface area contributed by atoms with Gasteiger partial charge in [-0.25, -0.2) is 8.42 Å². The molecule has 1 aliphatic rings. The van der Waals surface area contributed by atoms with Gasteiger partial charge in [0.15, 0.2) is 0 Å². The van der Waals surface area contributed by atoms with Crippen LogP contribution in [0.5, 0.6) is 0 Å². The summed E-state index contributed by atoms with van der Waals surface area (Å²) in [4.78, 5) is 4.32. The van der Waals surface area contributed by atoms with Crippen molar-refractivity contribution in [3.05, 3.63) is 24.0 Å². The highest BCUT2D eigenvalue weighted by Gasteiger charge is 2.33. The fraction of sp³-hybridized carbons (Fsp3) is 0.615. The molecule has 0 radical (unpaired) electrons. The molecule has 1 aliphatic heterocycles. The lowest BCUT2D eigenvalue weighted by Gasteiger charge is -2.18. The fourth-order valence-electron chi connectivity index (χ4n) is 2.35. The maximum Gasteiger partial charge on any atom is 0.244 e. The zero-order valence-corrected chi connectivity index (χ0v) is 12.2. The largest absolute Gasteiger partial charge is 0.325 e. The first-order valence-electron chi connectivity index (χ1n) is 6.60. The van der Waals surface area contributed by atoms with Crippen LogP contribution >= 0.6 is 0 Å². The first-order chi connectivity index (χ1) is 8.95. The molecule has 5 nitrogen and oxygen atoms in total. The zero-order chi connectivity index (χ0) is 14.0. The maximum atomic E-state index is 12.5. The van der Waals surface area contributed by atoms with E-state index in [1.807, 2.05) is 0 Å². The van der Waals surface area contributed by atoms with E-state index in [2.05, 4.69) is 18.8 Å². The van der Waals surface area contributed by atoms with Gasteiger partial charge in [0.25, 0.3) is 0 Å². The number of hydrogen-bond donors (Lipinski definition) is 1. The van der Waals surface area contributed by atoms with E-state index < -0.39 is 10.0 Å². The fourth-order valence-corrected chi connectivity index (χ4v) is 3.81. The van der Waals surface area contributed by atoms with E-state index in [0.29, 0.717) is 37.2 Å². The van der Waals surface area contributed by atoms with Gasteiger partial charge in [0.1, 0.15) is 4.90 Å². The van der Waals surface area contributed by atoms with Crippen molar-refractivity contribution in [2.24, 2.45) is 17.6 Å². The van der Waals surface area contributed by atoms with E-state index in [1.54, 1.807) is 16.4 Å². The van der Waals surface area contributed by atoms with Crippen LogP contribution < -0.4 is 5.73 Å². The molecule has 2 heterocycles. The van der Waals surface area contributed by atoms with Crippen LogP contribution in [0.4, 0.5) is 0 Å². The molecule has 106 valence electrons. The monoisotopic (exact) mass is 283 g/mol. The second-order valence-electron chi connectivity index (χ2n) is 5.35. The molecular formula is C13H21N3O2S. The second-order valence-corrected chi connectivity index (χ2v) is 7.28. The Labute approximate surface area is 114 Å². The van der Waals surface area contributed by atoms with Crippen LogP contribution in [0.15, 0.2) is 23.2 Å². The van der Waals surface area contributed by atoms with E-state index in [1.165, 1.54) is 6.20 Å². The van der Waals surface area contributed by atoms with Gasteiger partial charge in [-0.15, -0.1) is 0 Å². The quantitative estimate of drug-likeness (QED) is 0.901. The van der Waals surface area contributed by atoms with Crippen molar-refractivity contribution in [2.75, 3.05) is 13.1 Å². The molecular weight excluding hydrogens is 262 g/mol. The topological polar surface area (TPSA) is 76.3 Å². The number of hydrogen-bond acceptors (Lipinski definition) is 4. The molecule has 6 heteroatoms. The molecule has 0 aliphatic carbocycles. The Kier molecular flexibility index (Phi) is 4.23. The van der Waals surface area contributed by atoms with Crippen molar-refractivity contribution in [1.82, 2.24) is 9.29 Å². The smallest absolute Gasteiger partial charge is 0.244 e. The van der Waals surface area contributed by atoms with Crippen molar-refractivity contribution < 1.29 is 8.42 Å². The summed E-state index contributed by atoms with van der Waals surface area (Å²) in [6.45, 7) is 5.80. The molecule has 1 unspecified atom stereocenters. The molecule has 0 spiro atoms. The predicted octanol–water partition coefficient (Wildman–Crippen LogP) is 1.21. The van der Waals surface area contributed by atoms with Crippen LogP contribution in [0, 0.1) is 11.8 Å². The summed E-state index contributed by atoms with van der Waals surface area (Å²) in [6.07, 6.45) is 2.34. The van der Waals surface area contributed by atoms with E-state index in [9.17, 15) is 8.42 Å². The van der Waals surface area contributed by atoms with E-state index in [4.69, 9.17) is 5.73 Å². The van der Waals surface area contributed by atoms with Crippen molar-refractivity contribution in [2.45, 2.75) is 31.7 Å². The van der Waals surface area contributed by atoms with Gasteiger partial charge in [0.2, 0.25) is 10.0 Å². The molecule has 2 rings (SSSR count). The highest BCUT2D eigenvalue weighted by atomic mass is 32.2. The number of rotatable bonds is 4. The molecule has 1 saturated heterocycles. The van der Waals surface area contributed by atoms with Crippen LogP contribution in [0.3, 0.4) is 0 Å². The number of nitrogens with two attached hydrogens (primary N) is 1. The summed E-state index contributed by atoms with van der Waals surface area (Å²) in [5, 5.41) is 0. The first kappa shape index (κ1) is 14.4. The summed E-state index contributed by atoms with van der Waals surface area (Å²) in [6, 6.07) is 3.26. The Hall–Kier alpha value is -0.980. The van der Waals surface area contributed by atoms with Crippen molar-refractivity contribution in [3.63, 3.8) is 0 Å². The Morgan fingerprint density at radius 2 is 2.21 bits per heavy atom. The van der Waals surface area contributed by atoms with E-state index in [-0.39, 0.29) is 4.90 Å². The zero-order valence-electron chi connectivity index (χ0n) is 11.4. The number of pyridine rings is 1. The molecule has 0 aromatic carbocycles. The van der Waals surface area contributed by atoms with Crippen LogP contribution in [0.25, 0.3) is 0 Å². The van der Waals surface area contributed by atoms with Crippen LogP contribution in [0.2, 0.25) is 0 Å². The van der Waals surface area contributed by atoms with Crippen molar-refractivity contribution >= 4 is 10.0 Å². The first-order valence-corrected chi connectivity index (χ1v) is 8.04. The van der Waals surface area contributed by atoms with Crippen LogP contribution in [-0.4, -0.2) is 30.8 Å². The summed E-state index contributed by atoms with van der Waals surface area (Å²) in [7, 11) is -3.40. The predicted molar refractivity (Wildman–Crippen MR) is 73.8 cm³/mol. The minimum atomic E-state index is -3.40. The van der Waals surface area contributed by atoms with Gasteiger partial charge >= 0.3 is 0 Å². The van der Waals surface area contributed by atoms with Gasteiger partial charge in [0, 0.05) is 25.8 Å². The normalized spacial score (nSPS) is 21.2. The molecule has 19 heavy (non-hydrogen) atoms. The summed E-state index contributed by atoms with van der Waals surface area (Å²) < 4.78 is 26.5. The van der Waals surface area contributed by atoms with Gasteiger partial charge in [-0.2, -0.15) is 4.31 Å². The molecule has 1 fully saturated rings. The minimum absolute atomic E-state index is 0.258. The molecule has 1 atom stereocenters. The third kappa shape index (κ3) is 2.96. The molecule has 0 saturated carbocycles. The molecule has 0 amide bonds. The van der Waals surface area contributed by atoms with Gasteiger partial charge in [-0.05, 0) is 30.4 Å². The number of sulfonamides is 1. The van der Waals surface area contributed by atoms with Crippen LogP contribution in [0.1, 0.15) is 26.0 Å². The van der Waals surface area contributed by atoms with Gasteiger partial charge in [0.05, 0.1) is 5.69 Å². The highest BCUT2D eigenvalue weighted by molar-refractivity contribution is 7.89. The molecule has 1 aromatic rings. The van der Waals surface area contributed by atoms with Gasteiger partial charge in [-0.3, -0.25) is 4.98 Å². The molecule has 0 bridgehead atoms. The van der Waals surface area contributed by atoms with E-state index >= 15 is 0 Å². The number of aromatic nitrogens is 1. The standard InChI is InChI=1S/C13H21N3O2S/c1-10(2)11-5-6-16(9-11)19(17,18)13-4-3-12(7-14)15-8-13/h3-4,8,10-11H,5-7,9,14H2,1-2H3. The summed E-state index contributed by atoms with van der Waals surface area (Å²) >= 11 is 0. The third-order valence-corrected chi connectivity index (χ3v) is 5.62. The highest BCUT2D eigenvalue weighted by Crippen LogP contribution is 2.28. The average Bonchev–Trinajstić information content (AvgIpc) is 2.89. The van der Waals surface area contributed by atoms with Crippen LogP contribution in [-0.2, 0) is 16.6 Å². The summed E-state index contributed by atoms with van der Waals surface area (Å²) in [5.41, 5.74) is 6.16. The lowest BCUT2D eigenvalue weighted by molar-refractivity contribution is 0.388. The van der Waals surface area contributed by atoms with E-state index in [0.717, 1.165) is 6.42 Å². The number of nitrogens with zero attached hydrogens (tertiary/aromatic N) is 2. The van der Waals surface area contributed by atoms with Gasteiger partial charge < -0.3 is 5.73 Å². The Morgan fingerprint density at radius 1 is 1.47 bits per heavy atom. The third-order valence-electron chi connectivity index (χ3n) is 3.77. The molecule has 1 aromatic heterocycles. The van der Waals surface area contributed by atoms with Crippen molar-refractivity contribution in [1.29, 1.82) is 0 Å². The average molecular weight is 283 g/mol. The minimum Gasteiger partial charge on any atom is -0.325 e.